The summed E-state index contributed by atoms with van der Waals surface area (Å²) in [7, 11) is 2.70. The van der Waals surface area contributed by atoms with E-state index in [0.29, 0.717) is 41.8 Å². The van der Waals surface area contributed by atoms with Crippen LogP contribution in [0.3, 0.4) is 0 Å². The highest BCUT2D eigenvalue weighted by Gasteiger charge is 2.27. The molecular formula is C31H44O6. The van der Waals surface area contributed by atoms with Crippen molar-refractivity contribution in [2.75, 3.05) is 14.2 Å². The van der Waals surface area contributed by atoms with Crippen LogP contribution < -0.4 is 0 Å². The van der Waals surface area contributed by atoms with Gasteiger partial charge in [0.05, 0.1) is 31.5 Å². The third kappa shape index (κ3) is 9.77. The Hall–Kier alpha value is -2.99. The molecule has 2 aromatic carbocycles. The van der Waals surface area contributed by atoms with Gasteiger partial charge in [0.15, 0.2) is 5.78 Å². The number of aliphatic hydroxyl groups excluding tert-OH is 1. The van der Waals surface area contributed by atoms with Crippen LogP contribution in [0.5, 0.6) is 0 Å². The van der Waals surface area contributed by atoms with Crippen molar-refractivity contribution in [3.8, 4) is 0 Å². The maximum Gasteiger partial charge on any atom is 0.337 e. The minimum absolute atomic E-state index is 0. The van der Waals surface area contributed by atoms with Gasteiger partial charge in [-0.15, -0.1) is 0 Å². The van der Waals surface area contributed by atoms with Crippen molar-refractivity contribution in [1.82, 2.24) is 0 Å². The zero-order valence-electron chi connectivity index (χ0n) is 23.1. The summed E-state index contributed by atoms with van der Waals surface area (Å²) in [4.78, 5) is 34.9. The van der Waals surface area contributed by atoms with Gasteiger partial charge in [0, 0.05) is 13.4 Å². The number of carbonyl (C=O) groups excluding carboxylic acids is 3. The van der Waals surface area contributed by atoms with E-state index in [-0.39, 0.29) is 19.2 Å². The van der Waals surface area contributed by atoms with Gasteiger partial charge >= 0.3 is 11.9 Å². The summed E-state index contributed by atoms with van der Waals surface area (Å²) in [5.41, 5.74) is 4.38. The predicted molar refractivity (Wildman–Crippen MR) is 147 cm³/mol. The Morgan fingerprint density at radius 1 is 0.919 bits per heavy atom. The van der Waals surface area contributed by atoms with Crippen molar-refractivity contribution < 1.29 is 30.3 Å². The lowest BCUT2D eigenvalue weighted by molar-refractivity contribution is 0.0591. The first-order chi connectivity index (χ1) is 17.6. The molecular weight excluding hydrogens is 468 g/mol. The molecule has 2 fully saturated rings. The monoisotopic (exact) mass is 513 g/mol. The molecule has 6 nitrogen and oxygen atoms in total. The van der Waals surface area contributed by atoms with Crippen LogP contribution in [0.25, 0.3) is 0 Å². The number of aryl methyl sites for hydroxylation is 2. The molecule has 0 heterocycles. The van der Waals surface area contributed by atoms with Gasteiger partial charge in [-0.3, -0.25) is 4.79 Å². The standard InChI is InChI=1S/C14H18O3.C14H16O3.C2H6.CH4/c2*1-9-3-6-11(14(16)17-2)8-12(9)13(15)7-10-4-5-10;1-2;/h3,6,8,10,13,15H,4-5,7H2,1-2H3;3,6,8,10H,4-5,7H2,1-2H3;1-2H3;1H4/i;;1D;. The van der Waals surface area contributed by atoms with E-state index in [2.05, 4.69) is 9.47 Å². The van der Waals surface area contributed by atoms with Crippen molar-refractivity contribution >= 4 is 17.7 Å². The van der Waals surface area contributed by atoms with E-state index in [1.165, 1.54) is 27.1 Å². The van der Waals surface area contributed by atoms with Crippen LogP contribution in [0.2, 0.25) is 0 Å². The molecule has 6 heteroatoms. The Balaban J connectivity index is 0.000000337. The van der Waals surface area contributed by atoms with Gasteiger partial charge in [-0.05, 0) is 85.9 Å². The molecule has 4 rings (SSSR count). The molecule has 0 bridgehead atoms. The van der Waals surface area contributed by atoms with E-state index in [1.807, 2.05) is 19.9 Å². The van der Waals surface area contributed by atoms with Gasteiger partial charge in [0.1, 0.15) is 0 Å². The Bertz CT molecular complexity index is 1070. The number of carbonyl (C=O) groups is 3. The Labute approximate surface area is 223 Å². The van der Waals surface area contributed by atoms with Crippen molar-refractivity contribution in [3.63, 3.8) is 0 Å². The van der Waals surface area contributed by atoms with Crippen LogP contribution in [0.1, 0.15) is 115 Å². The van der Waals surface area contributed by atoms with E-state index < -0.39 is 12.1 Å². The van der Waals surface area contributed by atoms with Crippen molar-refractivity contribution in [2.24, 2.45) is 11.8 Å². The second-order valence-electron chi connectivity index (χ2n) is 9.35. The number of rotatable bonds is 8. The number of ether oxygens (including phenoxy) is 2. The van der Waals surface area contributed by atoms with Crippen LogP contribution in [-0.4, -0.2) is 37.0 Å². The van der Waals surface area contributed by atoms with Crippen LogP contribution in [0, 0.1) is 25.7 Å². The van der Waals surface area contributed by atoms with Crippen molar-refractivity contribution in [2.45, 2.75) is 79.7 Å². The second-order valence-corrected chi connectivity index (χ2v) is 9.35. The summed E-state index contributed by atoms with van der Waals surface area (Å²) in [6.07, 6.45) is 5.67. The summed E-state index contributed by atoms with van der Waals surface area (Å²) >= 11 is 0. The van der Waals surface area contributed by atoms with E-state index in [1.54, 1.807) is 37.3 Å². The lowest BCUT2D eigenvalue weighted by Crippen LogP contribution is -2.07. The molecule has 0 spiro atoms. The number of methoxy groups -OCH3 is 2. The molecule has 2 aliphatic rings. The summed E-state index contributed by atoms with van der Waals surface area (Å²) < 4.78 is 15.5. The lowest BCUT2D eigenvalue weighted by Gasteiger charge is -2.14. The van der Waals surface area contributed by atoms with Crippen molar-refractivity contribution in [1.29, 1.82) is 0 Å². The summed E-state index contributed by atoms with van der Waals surface area (Å²) in [6.45, 7) is 6.13. The quantitative estimate of drug-likeness (QED) is 0.301. The highest BCUT2D eigenvalue weighted by atomic mass is 16.5. The second kappa shape index (κ2) is 15.3. The third-order valence-electron chi connectivity index (χ3n) is 6.44. The fourth-order valence-electron chi connectivity index (χ4n) is 3.90. The average Bonchev–Trinajstić information content (AvgIpc) is 3.82. The van der Waals surface area contributed by atoms with Gasteiger partial charge in [-0.2, -0.15) is 0 Å². The first-order valence-electron chi connectivity index (χ1n) is 13.2. The van der Waals surface area contributed by atoms with E-state index >= 15 is 0 Å². The van der Waals surface area contributed by atoms with Crippen molar-refractivity contribution in [3.05, 3.63) is 69.8 Å². The fraction of sp³-hybridized carbons (Fsp3) is 0.516. The summed E-state index contributed by atoms with van der Waals surface area (Å²) in [5.74, 6) is 0.598. The fourth-order valence-corrected chi connectivity index (χ4v) is 3.90. The average molecular weight is 514 g/mol. The number of hydrogen-bond donors (Lipinski definition) is 1. The first-order valence-corrected chi connectivity index (χ1v) is 12.5. The number of Topliss-reactive ketones (excluding diaryl/α,β-unsaturated/α-hetero) is 1. The molecule has 0 saturated heterocycles. The van der Waals surface area contributed by atoms with Crippen LogP contribution in [0.15, 0.2) is 36.4 Å². The number of benzene rings is 2. The van der Waals surface area contributed by atoms with Gasteiger partial charge in [0.2, 0.25) is 0 Å². The van der Waals surface area contributed by atoms with E-state index in [4.69, 9.17) is 1.37 Å². The number of aliphatic hydroxyl groups is 1. The minimum Gasteiger partial charge on any atom is -0.465 e. The largest absolute Gasteiger partial charge is 0.465 e. The first kappa shape index (κ1) is 30.2. The molecule has 0 radical (unpaired) electrons. The molecule has 2 aromatic rings. The molecule has 204 valence electrons. The maximum absolute atomic E-state index is 12.0. The molecule has 1 atom stereocenters. The summed E-state index contributed by atoms with van der Waals surface area (Å²) in [5, 5.41) is 10.1. The zero-order valence-corrected chi connectivity index (χ0v) is 22.1. The number of ketones is 1. The topological polar surface area (TPSA) is 89.9 Å². The van der Waals surface area contributed by atoms with E-state index in [0.717, 1.165) is 36.0 Å². The Kier molecular flexibility index (Phi) is 12.5. The molecule has 1 N–H and O–H groups in total. The van der Waals surface area contributed by atoms with Gasteiger partial charge in [0.25, 0.3) is 0 Å². The molecule has 0 amide bonds. The molecule has 0 aromatic heterocycles. The molecule has 2 saturated carbocycles. The minimum atomic E-state index is -0.466. The Morgan fingerprint density at radius 2 is 1.41 bits per heavy atom. The third-order valence-corrected chi connectivity index (χ3v) is 6.44. The van der Waals surface area contributed by atoms with Gasteiger partial charge in [-0.1, -0.05) is 46.2 Å². The molecule has 0 aliphatic heterocycles. The zero-order chi connectivity index (χ0) is 27.5. The summed E-state index contributed by atoms with van der Waals surface area (Å²) in [6, 6.07) is 10.5. The Morgan fingerprint density at radius 3 is 1.89 bits per heavy atom. The highest BCUT2D eigenvalue weighted by molar-refractivity contribution is 6.00. The molecule has 37 heavy (non-hydrogen) atoms. The maximum atomic E-state index is 12.0. The van der Waals surface area contributed by atoms with E-state index in [9.17, 15) is 19.5 Å². The van der Waals surface area contributed by atoms with Crippen LogP contribution in [-0.2, 0) is 9.47 Å². The SMILES string of the molecule is C.COC(=O)c1ccc(C)c(C(=O)CC2CC2)c1.COC(=O)c1ccc(C)c(C(O)CC2CC2)c1.[2H]CC. The number of hydrogen-bond acceptors (Lipinski definition) is 6. The van der Waals surface area contributed by atoms with Gasteiger partial charge < -0.3 is 14.6 Å². The lowest BCUT2D eigenvalue weighted by atomic mass is 9.97. The smallest absolute Gasteiger partial charge is 0.337 e. The highest BCUT2D eigenvalue weighted by Crippen LogP contribution is 2.38. The van der Waals surface area contributed by atoms with Crippen LogP contribution in [0.4, 0.5) is 0 Å². The predicted octanol–water partition coefficient (Wildman–Crippen LogP) is 7.04. The normalized spacial score (nSPS) is 14.8. The van der Waals surface area contributed by atoms with Crippen LogP contribution >= 0.6 is 0 Å². The molecule has 1 unspecified atom stereocenters. The van der Waals surface area contributed by atoms with Gasteiger partial charge in [-0.25, -0.2) is 9.59 Å². The molecule has 2 aliphatic carbocycles. The number of esters is 2.